The molecule has 0 saturated carbocycles. The average molecular weight is 388 g/mol. The molecule has 2 aromatic carbocycles. The zero-order valence-corrected chi connectivity index (χ0v) is 16.7. The molecule has 1 aliphatic rings. The van der Waals surface area contributed by atoms with Gasteiger partial charge in [0.05, 0.1) is 0 Å². The summed E-state index contributed by atoms with van der Waals surface area (Å²) in [6.07, 6.45) is 1.93. The molecule has 28 heavy (non-hydrogen) atoms. The first-order chi connectivity index (χ1) is 13.2. The van der Waals surface area contributed by atoms with Crippen molar-refractivity contribution in [1.29, 1.82) is 0 Å². The van der Waals surface area contributed by atoms with E-state index >= 15 is 0 Å². The van der Waals surface area contributed by atoms with Gasteiger partial charge in [-0.25, -0.2) is 0 Å². The Morgan fingerprint density at radius 1 is 0.750 bits per heavy atom. The minimum Gasteiger partial charge on any atom is -0.504 e. The molecule has 5 N–H and O–H groups in total. The molecule has 3 rings (SSSR count). The second-order valence-electron chi connectivity index (χ2n) is 7.57. The molecule has 0 spiro atoms. The molecule has 2 atom stereocenters. The third-order valence-electron chi connectivity index (χ3n) is 6.83. The first kappa shape index (κ1) is 20.0. The van der Waals surface area contributed by atoms with E-state index in [2.05, 4.69) is 13.8 Å². The van der Waals surface area contributed by atoms with Gasteiger partial charge >= 0.3 is 0 Å². The smallest absolute Gasteiger partial charge is 0.200 e. The predicted octanol–water partition coefficient (Wildman–Crippen LogP) is 4.61. The van der Waals surface area contributed by atoms with Gasteiger partial charge in [-0.15, -0.1) is 0 Å². The lowest BCUT2D eigenvalue weighted by Gasteiger charge is -2.54. The number of hydrogen-bond acceptors (Lipinski definition) is 6. The van der Waals surface area contributed by atoms with Crippen molar-refractivity contribution in [1.82, 2.24) is 0 Å². The van der Waals surface area contributed by atoms with Gasteiger partial charge in [0.15, 0.2) is 23.0 Å². The van der Waals surface area contributed by atoms with Crippen LogP contribution in [0.15, 0.2) is 24.3 Å². The Bertz CT molecular complexity index is 902. The summed E-state index contributed by atoms with van der Waals surface area (Å²) < 4.78 is 6.35. The predicted molar refractivity (Wildman–Crippen MR) is 105 cm³/mol. The Morgan fingerprint density at radius 3 is 1.82 bits per heavy atom. The van der Waals surface area contributed by atoms with Crippen LogP contribution < -0.4 is 4.74 Å². The lowest BCUT2D eigenvalue weighted by Crippen LogP contribution is -2.53. The summed E-state index contributed by atoms with van der Waals surface area (Å²) in [4.78, 5) is 0. The van der Waals surface area contributed by atoms with E-state index in [0.717, 1.165) is 18.4 Å². The summed E-state index contributed by atoms with van der Waals surface area (Å²) in [5.41, 5.74) is -0.335. The highest BCUT2D eigenvalue weighted by Gasteiger charge is 2.56. The molecule has 0 amide bonds. The van der Waals surface area contributed by atoms with E-state index in [4.69, 9.17) is 4.74 Å². The monoisotopic (exact) mass is 388 g/mol. The lowest BCUT2D eigenvalue weighted by atomic mass is 9.57. The number of aromatic hydroxyl groups is 5. The van der Waals surface area contributed by atoms with E-state index in [-0.39, 0.29) is 23.2 Å². The van der Waals surface area contributed by atoms with E-state index < -0.39 is 28.3 Å². The van der Waals surface area contributed by atoms with Crippen LogP contribution in [0.2, 0.25) is 0 Å². The molecule has 6 heteroatoms. The molecule has 0 aliphatic carbocycles. The van der Waals surface area contributed by atoms with E-state index in [1.54, 1.807) is 6.07 Å². The van der Waals surface area contributed by atoms with Crippen molar-refractivity contribution in [2.75, 3.05) is 0 Å². The minimum absolute atomic E-state index is 0.147. The maximum Gasteiger partial charge on any atom is 0.200 e. The number of hydrogen-bond donors (Lipinski definition) is 5. The standard InChI is InChI=1S/C22H28O6/c1-5-21(6-2)12(4)22(7-3,13-8-10-15(23)18(26)17(13)25)28-20-14(21)9-11-16(24)19(20)27/h8-12,23-27H,5-7H2,1-4H3. The Kier molecular flexibility index (Phi) is 4.77. The zero-order chi connectivity index (χ0) is 20.9. The van der Waals surface area contributed by atoms with Crippen LogP contribution >= 0.6 is 0 Å². The van der Waals surface area contributed by atoms with Crippen LogP contribution in [0.3, 0.4) is 0 Å². The summed E-state index contributed by atoms with van der Waals surface area (Å²) in [6, 6.07) is 6.09. The largest absolute Gasteiger partial charge is 0.504 e. The fraction of sp³-hybridized carbons (Fsp3) is 0.455. The number of rotatable bonds is 4. The number of phenolic OH excluding ortho intramolecular Hbond substituents is 5. The van der Waals surface area contributed by atoms with Crippen LogP contribution in [-0.4, -0.2) is 25.5 Å². The van der Waals surface area contributed by atoms with Crippen LogP contribution in [0.25, 0.3) is 0 Å². The highest BCUT2D eigenvalue weighted by atomic mass is 16.5. The molecule has 0 bridgehead atoms. The molecule has 0 aromatic heterocycles. The molecule has 2 unspecified atom stereocenters. The highest BCUT2D eigenvalue weighted by molar-refractivity contribution is 5.61. The summed E-state index contributed by atoms with van der Waals surface area (Å²) >= 11 is 0. The van der Waals surface area contributed by atoms with Crippen LogP contribution in [-0.2, 0) is 11.0 Å². The lowest BCUT2D eigenvalue weighted by molar-refractivity contribution is -0.0592. The summed E-state index contributed by atoms with van der Waals surface area (Å²) in [7, 11) is 0. The second-order valence-corrected chi connectivity index (χ2v) is 7.57. The van der Waals surface area contributed by atoms with Crippen molar-refractivity contribution in [3.8, 4) is 34.5 Å². The topological polar surface area (TPSA) is 110 Å². The molecule has 1 heterocycles. The third kappa shape index (κ3) is 2.40. The van der Waals surface area contributed by atoms with E-state index in [9.17, 15) is 25.5 Å². The maximum absolute atomic E-state index is 10.6. The van der Waals surface area contributed by atoms with Crippen molar-refractivity contribution in [3.63, 3.8) is 0 Å². The molecule has 1 aliphatic heterocycles. The van der Waals surface area contributed by atoms with Gasteiger partial charge in [-0.3, -0.25) is 0 Å². The molecular formula is C22H28O6. The van der Waals surface area contributed by atoms with E-state index in [1.165, 1.54) is 18.2 Å². The molecular weight excluding hydrogens is 360 g/mol. The van der Waals surface area contributed by atoms with Gasteiger partial charge in [-0.1, -0.05) is 33.8 Å². The van der Waals surface area contributed by atoms with Gasteiger partial charge in [-0.05, 0) is 37.5 Å². The van der Waals surface area contributed by atoms with Crippen molar-refractivity contribution < 1.29 is 30.3 Å². The highest BCUT2D eigenvalue weighted by Crippen LogP contribution is 2.61. The van der Waals surface area contributed by atoms with Gasteiger partial charge in [-0.2, -0.15) is 0 Å². The first-order valence-corrected chi connectivity index (χ1v) is 9.68. The molecule has 6 nitrogen and oxygen atoms in total. The fourth-order valence-electron chi connectivity index (χ4n) is 5.02. The van der Waals surface area contributed by atoms with Gasteiger partial charge in [0.25, 0.3) is 0 Å². The summed E-state index contributed by atoms with van der Waals surface area (Å²) in [5.74, 6) is -2.05. The van der Waals surface area contributed by atoms with Crippen LogP contribution in [0, 0.1) is 5.92 Å². The average Bonchev–Trinajstić information content (AvgIpc) is 2.70. The number of ether oxygens (including phenoxy) is 1. The van der Waals surface area contributed by atoms with E-state index in [0.29, 0.717) is 12.0 Å². The maximum atomic E-state index is 10.6. The summed E-state index contributed by atoms with van der Waals surface area (Å²) in [5, 5.41) is 51.1. The van der Waals surface area contributed by atoms with Crippen molar-refractivity contribution >= 4 is 0 Å². The van der Waals surface area contributed by atoms with E-state index in [1.807, 2.05) is 13.8 Å². The quantitative estimate of drug-likeness (QED) is 0.489. The first-order valence-electron chi connectivity index (χ1n) is 9.68. The zero-order valence-electron chi connectivity index (χ0n) is 16.7. The molecule has 0 saturated heterocycles. The van der Waals surface area contributed by atoms with Crippen LogP contribution in [0.5, 0.6) is 34.5 Å². The van der Waals surface area contributed by atoms with Gasteiger partial charge in [0.2, 0.25) is 11.5 Å². The van der Waals surface area contributed by atoms with Crippen molar-refractivity contribution in [2.45, 2.75) is 58.0 Å². The Morgan fingerprint density at radius 2 is 1.29 bits per heavy atom. The third-order valence-corrected chi connectivity index (χ3v) is 6.83. The number of phenols is 5. The number of fused-ring (bicyclic) bond motifs is 1. The molecule has 152 valence electrons. The summed E-state index contributed by atoms with van der Waals surface area (Å²) in [6.45, 7) is 8.06. The minimum atomic E-state index is -1.08. The fourth-order valence-corrected chi connectivity index (χ4v) is 5.02. The van der Waals surface area contributed by atoms with Crippen molar-refractivity contribution in [3.05, 3.63) is 35.4 Å². The normalized spacial score (nSPS) is 23.1. The SMILES string of the molecule is CCC1(CC)c2ccc(O)c(O)c2OC(CC)(c2ccc(O)c(O)c2O)C1C. The van der Waals surface area contributed by atoms with Gasteiger partial charge in [0.1, 0.15) is 5.60 Å². The Hall–Kier alpha value is -2.76. The Balaban J connectivity index is 2.38. The molecule has 0 fully saturated rings. The van der Waals surface area contributed by atoms with Gasteiger partial charge < -0.3 is 30.3 Å². The van der Waals surface area contributed by atoms with Crippen LogP contribution in [0.4, 0.5) is 0 Å². The second kappa shape index (κ2) is 6.69. The molecule has 2 aromatic rings. The Labute approximate surface area is 164 Å². The molecule has 0 radical (unpaired) electrons. The van der Waals surface area contributed by atoms with Gasteiger partial charge in [0, 0.05) is 22.5 Å². The number of benzene rings is 2. The van der Waals surface area contributed by atoms with Crippen molar-refractivity contribution in [2.24, 2.45) is 5.92 Å². The van der Waals surface area contributed by atoms with Crippen LogP contribution in [0.1, 0.15) is 58.1 Å².